The molecule has 0 aliphatic rings. The zero-order valence-electron chi connectivity index (χ0n) is 9.96. The van der Waals surface area contributed by atoms with Crippen molar-refractivity contribution in [1.82, 2.24) is 10.6 Å². The van der Waals surface area contributed by atoms with Crippen molar-refractivity contribution in [1.29, 1.82) is 0 Å². The molecule has 1 atom stereocenters. The van der Waals surface area contributed by atoms with Crippen molar-refractivity contribution in [3.05, 3.63) is 35.9 Å². The summed E-state index contributed by atoms with van der Waals surface area (Å²) in [5.74, 6) is 0. The van der Waals surface area contributed by atoms with E-state index in [1.165, 1.54) is 5.56 Å². The Morgan fingerprint density at radius 3 is 2.33 bits per heavy atom. The molecule has 0 spiro atoms. The molecule has 0 radical (unpaired) electrons. The Bertz CT molecular complexity index is 256. The minimum atomic E-state index is 0.511. The number of nitrogens with one attached hydrogen (secondary N) is 2. The van der Waals surface area contributed by atoms with Crippen LogP contribution in [0.25, 0.3) is 0 Å². The van der Waals surface area contributed by atoms with Gasteiger partial charge in [0.2, 0.25) is 0 Å². The monoisotopic (exact) mass is 206 g/mol. The molecule has 1 aromatic carbocycles. The molecule has 0 aromatic heterocycles. The molecule has 1 rings (SSSR count). The number of hydrogen-bond donors (Lipinski definition) is 2. The molecule has 0 aliphatic carbocycles. The smallest absolute Gasteiger partial charge is 0.0235 e. The van der Waals surface area contributed by atoms with Crippen LogP contribution < -0.4 is 10.6 Å². The Balaban J connectivity index is 2.50. The highest BCUT2D eigenvalue weighted by molar-refractivity contribution is 5.16. The lowest BCUT2D eigenvalue weighted by Crippen LogP contribution is -2.42. The van der Waals surface area contributed by atoms with Crippen LogP contribution in [-0.4, -0.2) is 25.7 Å². The third kappa shape index (κ3) is 4.96. The minimum Gasteiger partial charge on any atom is -0.318 e. The molecule has 2 heteroatoms. The van der Waals surface area contributed by atoms with E-state index in [2.05, 4.69) is 54.8 Å². The second-order valence-corrected chi connectivity index (χ2v) is 4.27. The quantitative estimate of drug-likeness (QED) is 0.742. The normalized spacial score (nSPS) is 13.1. The van der Waals surface area contributed by atoms with Gasteiger partial charge in [0, 0.05) is 18.6 Å². The van der Waals surface area contributed by atoms with Crippen LogP contribution in [0.4, 0.5) is 0 Å². The Kier molecular flexibility index (Phi) is 5.37. The Labute approximate surface area is 93.1 Å². The van der Waals surface area contributed by atoms with Crippen LogP contribution in [0.2, 0.25) is 0 Å². The Morgan fingerprint density at radius 2 is 1.80 bits per heavy atom. The van der Waals surface area contributed by atoms with E-state index in [1.54, 1.807) is 0 Å². The van der Waals surface area contributed by atoms with Crippen molar-refractivity contribution in [3.8, 4) is 0 Å². The zero-order valence-corrected chi connectivity index (χ0v) is 9.96. The van der Waals surface area contributed by atoms with Crippen LogP contribution in [0.5, 0.6) is 0 Å². The molecule has 84 valence electrons. The Hall–Kier alpha value is -0.860. The second kappa shape index (κ2) is 6.59. The van der Waals surface area contributed by atoms with Gasteiger partial charge in [-0.05, 0) is 19.0 Å². The summed E-state index contributed by atoms with van der Waals surface area (Å²) < 4.78 is 0. The standard InChI is InChI=1S/C13H22N2/c1-11(2)15-13(10-14-3)9-12-7-5-4-6-8-12/h4-8,11,13-15H,9-10H2,1-3H3/t13-/m0/s1. The molecule has 0 amide bonds. The van der Waals surface area contributed by atoms with E-state index in [4.69, 9.17) is 0 Å². The molecule has 0 unspecified atom stereocenters. The molecular formula is C13H22N2. The van der Waals surface area contributed by atoms with Crippen molar-refractivity contribution in [2.24, 2.45) is 0 Å². The van der Waals surface area contributed by atoms with Gasteiger partial charge in [-0.15, -0.1) is 0 Å². The predicted octanol–water partition coefficient (Wildman–Crippen LogP) is 1.82. The average Bonchev–Trinajstić information content (AvgIpc) is 2.18. The molecule has 2 nitrogen and oxygen atoms in total. The first-order chi connectivity index (χ1) is 7.22. The zero-order chi connectivity index (χ0) is 11.1. The summed E-state index contributed by atoms with van der Waals surface area (Å²) in [6.45, 7) is 5.38. The fourth-order valence-corrected chi connectivity index (χ4v) is 1.81. The maximum absolute atomic E-state index is 3.57. The first-order valence-electron chi connectivity index (χ1n) is 5.67. The molecule has 0 heterocycles. The average molecular weight is 206 g/mol. The molecular weight excluding hydrogens is 184 g/mol. The van der Waals surface area contributed by atoms with Gasteiger partial charge in [-0.3, -0.25) is 0 Å². The summed E-state index contributed by atoms with van der Waals surface area (Å²) in [5, 5.41) is 6.80. The lowest BCUT2D eigenvalue weighted by Gasteiger charge is -2.21. The predicted molar refractivity (Wildman–Crippen MR) is 66.1 cm³/mol. The molecule has 15 heavy (non-hydrogen) atoms. The van der Waals surface area contributed by atoms with Crippen molar-refractivity contribution in [2.45, 2.75) is 32.4 Å². The van der Waals surface area contributed by atoms with Crippen LogP contribution >= 0.6 is 0 Å². The molecule has 1 aromatic rings. The van der Waals surface area contributed by atoms with Crippen molar-refractivity contribution in [2.75, 3.05) is 13.6 Å². The van der Waals surface area contributed by atoms with Crippen LogP contribution in [0, 0.1) is 0 Å². The molecule has 0 aliphatic heterocycles. The third-order valence-corrected chi connectivity index (χ3v) is 2.34. The van der Waals surface area contributed by atoms with Crippen molar-refractivity contribution >= 4 is 0 Å². The van der Waals surface area contributed by atoms with Crippen LogP contribution in [0.1, 0.15) is 19.4 Å². The molecule has 2 N–H and O–H groups in total. The van der Waals surface area contributed by atoms with E-state index in [0.717, 1.165) is 13.0 Å². The highest BCUT2D eigenvalue weighted by atomic mass is 15.0. The van der Waals surface area contributed by atoms with Crippen LogP contribution in [0.15, 0.2) is 30.3 Å². The van der Waals surface area contributed by atoms with Crippen LogP contribution in [-0.2, 0) is 6.42 Å². The van der Waals surface area contributed by atoms with E-state index in [-0.39, 0.29) is 0 Å². The largest absolute Gasteiger partial charge is 0.318 e. The number of hydrogen-bond acceptors (Lipinski definition) is 2. The van der Waals surface area contributed by atoms with Gasteiger partial charge in [0.1, 0.15) is 0 Å². The highest BCUT2D eigenvalue weighted by Crippen LogP contribution is 2.03. The maximum Gasteiger partial charge on any atom is 0.0235 e. The molecule has 0 saturated heterocycles. The summed E-state index contributed by atoms with van der Waals surface area (Å²) in [6, 6.07) is 11.7. The van der Waals surface area contributed by atoms with Gasteiger partial charge in [-0.25, -0.2) is 0 Å². The summed E-state index contributed by atoms with van der Waals surface area (Å²) in [6.07, 6.45) is 1.08. The van der Waals surface area contributed by atoms with E-state index in [1.807, 2.05) is 7.05 Å². The van der Waals surface area contributed by atoms with Gasteiger partial charge in [0.05, 0.1) is 0 Å². The van der Waals surface area contributed by atoms with Crippen LogP contribution in [0.3, 0.4) is 0 Å². The maximum atomic E-state index is 3.57. The van der Waals surface area contributed by atoms with Gasteiger partial charge >= 0.3 is 0 Å². The number of benzene rings is 1. The fourth-order valence-electron chi connectivity index (χ4n) is 1.81. The van der Waals surface area contributed by atoms with Gasteiger partial charge in [0.25, 0.3) is 0 Å². The topological polar surface area (TPSA) is 24.1 Å². The summed E-state index contributed by atoms with van der Waals surface area (Å²) in [4.78, 5) is 0. The fraction of sp³-hybridized carbons (Fsp3) is 0.538. The molecule has 0 bridgehead atoms. The summed E-state index contributed by atoms with van der Waals surface area (Å²) in [7, 11) is 2.00. The van der Waals surface area contributed by atoms with Crippen molar-refractivity contribution < 1.29 is 0 Å². The summed E-state index contributed by atoms with van der Waals surface area (Å²) >= 11 is 0. The second-order valence-electron chi connectivity index (χ2n) is 4.27. The van der Waals surface area contributed by atoms with Gasteiger partial charge in [0.15, 0.2) is 0 Å². The van der Waals surface area contributed by atoms with E-state index < -0.39 is 0 Å². The molecule has 0 saturated carbocycles. The van der Waals surface area contributed by atoms with Gasteiger partial charge in [-0.2, -0.15) is 0 Å². The van der Waals surface area contributed by atoms with E-state index in [0.29, 0.717) is 12.1 Å². The summed E-state index contributed by atoms with van der Waals surface area (Å²) in [5.41, 5.74) is 1.39. The van der Waals surface area contributed by atoms with E-state index in [9.17, 15) is 0 Å². The lowest BCUT2D eigenvalue weighted by atomic mass is 10.1. The van der Waals surface area contributed by atoms with Gasteiger partial charge < -0.3 is 10.6 Å². The van der Waals surface area contributed by atoms with E-state index >= 15 is 0 Å². The Morgan fingerprint density at radius 1 is 1.13 bits per heavy atom. The lowest BCUT2D eigenvalue weighted by molar-refractivity contribution is 0.445. The number of likely N-dealkylation sites (N-methyl/N-ethyl adjacent to an activating group) is 1. The third-order valence-electron chi connectivity index (χ3n) is 2.34. The SMILES string of the molecule is CNC[C@H](Cc1ccccc1)NC(C)C. The first-order valence-corrected chi connectivity index (χ1v) is 5.67. The number of rotatable bonds is 6. The van der Waals surface area contributed by atoms with Crippen molar-refractivity contribution in [3.63, 3.8) is 0 Å². The minimum absolute atomic E-state index is 0.511. The molecule has 0 fully saturated rings. The van der Waals surface area contributed by atoms with Gasteiger partial charge in [-0.1, -0.05) is 44.2 Å². The highest BCUT2D eigenvalue weighted by Gasteiger charge is 2.09. The first kappa shape index (κ1) is 12.2.